The first-order valence-corrected chi connectivity index (χ1v) is 10.3. The molecule has 0 amide bonds. The summed E-state index contributed by atoms with van der Waals surface area (Å²) in [5, 5.41) is 22.4. The number of halogens is 1. The van der Waals surface area contributed by atoms with Crippen molar-refractivity contribution in [3.05, 3.63) is 11.6 Å². The van der Waals surface area contributed by atoms with Crippen molar-refractivity contribution in [2.45, 2.75) is 71.0 Å². The fourth-order valence-corrected chi connectivity index (χ4v) is 7.69. The molecule has 8 atom stereocenters. The predicted molar refractivity (Wildman–Crippen MR) is 98.6 cm³/mol. The highest BCUT2D eigenvalue weighted by atomic mass is 19.1. The maximum absolute atomic E-state index is 13.2. The predicted octanol–water partition coefficient (Wildman–Crippen LogP) is 3.00. The number of allylic oxidation sites excluding steroid dienone is 1. The third-order valence-electron chi connectivity index (χ3n) is 8.95. The number of fused-ring (bicyclic) bond motifs is 5. The van der Waals surface area contributed by atoms with E-state index in [1.807, 2.05) is 13.0 Å². The molecule has 0 aliphatic heterocycles. The maximum Gasteiger partial charge on any atom is 0.195 e. The summed E-state index contributed by atoms with van der Waals surface area (Å²) < 4.78 is 13.2. The van der Waals surface area contributed by atoms with Crippen LogP contribution in [0, 0.1) is 34.5 Å². The quantitative estimate of drug-likeness (QED) is 0.775. The lowest BCUT2D eigenvalue weighted by molar-refractivity contribution is -0.183. The zero-order valence-corrected chi connectivity index (χ0v) is 16.5. The molecule has 0 heterocycles. The summed E-state index contributed by atoms with van der Waals surface area (Å²) in [4.78, 5) is 24.3. The minimum Gasteiger partial charge on any atom is -0.393 e. The first-order valence-electron chi connectivity index (χ1n) is 10.3. The summed E-state index contributed by atoms with van der Waals surface area (Å²) >= 11 is 0. The second-order valence-electron chi connectivity index (χ2n) is 10.1. The summed E-state index contributed by atoms with van der Waals surface area (Å²) in [6.45, 7) is 5.04. The Bertz CT molecular complexity index is 717. The van der Waals surface area contributed by atoms with Crippen molar-refractivity contribution >= 4 is 11.6 Å². The third-order valence-corrected chi connectivity index (χ3v) is 8.95. The van der Waals surface area contributed by atoms with Crippen LogP contribution in [0.3, 0.4) is 0 Å². The zero-order valence-electron chi connectivity index (χ0n) is 16.5. The zero-order chi connectivity index (χ0) is 19.8. The SMILES string of the molecule is C[C@@H]1C[C@@H]2[C@H]([C@@H](O)C[C@@]3(C)[C@H]2CC[C@@]3(O)C(=O)CF)[C@@]2(C)CCC(=O)C=C12. The van der Waals surface area contributed by atoms with Crippen LogP contribution in [-0.2, 0) is 9.59 Å². The van der Waals surface area contributed by atoms with E-state index in [-0.39, 0.29) is 41.3 Å². The number of aliphatic hydroxyl groups is 2. The highest BCUT2D eigenvalue weighted by Gasteiger charge is 2.68. The summed E-state index contributed by atoms with van der Waals surface area (Å²) in [5.74, 6) is -0.0475. The minimum atomic E-state index is -1.68. The molecule has 0 saturated heterocycles. The molecular weight excluding hydrogens is 347 g/mol. The van der Waals surface area contributed by atoms with E-state index in [1.165, 1.54) is 0 Å². The van der Waals surface area contributed by atoms with Gasteiger partial charge in [-0.2, -0.15) is 0 Å². The van der Waals surface area contributed by atoms with E-state index in [0.717, 1.165) is 18.4 Å². The van der Waals surface area contributed by atoms with Crippen LogP contribution in [0.1, 0.15) is 59.3 Å². The lowest BCUT2D eigenvalue weighted by Crippen LogP contribution is -2.62. The van der Waals surface area contributed by atoms with Gasteiger partial charge in [-0.15, -0.1) is 0 Å². The molecule has 5 heteroatoms. The number of aliphatic hydroxyl groups excluding tert-OH is 1. The second kappa shape index (κ2) is 5.96. The third kappa shape index (κ3) is 2.33. The van der Waals surface area contributed by atoms with Crippen LogP contribution >= 0.6 is 0 Å². The molecule has 27 heavy (non-hydrogen) atoms. The normalized spacial score (nSPS) is 51.9. The molecule has 3 fully saturated rings. The van der Waals surface area contributed by atoms with Crippen molar-refractivity contribution in [3.8, 4) is 0 Å². The smallest absolute Gasteiger partial charge is 0.195 e. The molecule has 0 aromatic heterocycles. The van der Waals surface area contributed by atoms with Crippen molar-refractivity contribution in [1.29, 1.82) is 0 Å². The van der Waals surface area contributed by atoms with Crippen LogP contribution in [0.25, 0.3) is 0 Å². The number of hydrogen-bond acceptors (Lipinski definition) is 4. The first-order chi connectivity index (χ1) is 12.6. The van der Waals surface area contributed by atoms with E-state index in [4.69, 9.17) is 0 Å². The molecule has 4 rings (SSSR count). The number of alkyl halides is 1. The highest BCUT2D eigenvalue weighted by molar-refractivity contribution is 5.92. The summed E-state index contributed by atoms with van der Waals surface area (Å²) in [5.41, 5.74) is -1.53. The van der Waals surface area contributed by atoms with Crippen LogP contribution in [0.4, 0.5) is 4.39 Å². The Morgan fingerprint density at radius 2 is 2.04 bits per heavy atom. The van der Waals surface area contributed by atoms with Gasteiger partial charge in [-0.05, 0) is 67.3 Å². The molecule has 0 radical (unpaired) electrons. The van der Waals surface area contributed by atoms with Gasteiger partial charge in [-0.3, -0.25) is 9.59 Å². The Balaban J connectivity index is 1.77. The molecule has 4 nitrogen and oxygen atoms in total. The molecular formula is C22H31FO4. The van der Waals surface area contributed by atoms with Gasteiger partial charge in [0.1, 0.15) is 5.60 Å². The molecule has 2 N–H and O–H groups in total. The van der Waals surface area contributed by atoms with Gasteiger partial charge in [-0.1, -0.05) is 26.3 Å². The number of ketones is 2. The largest absolute Gasteiger partial charge is 0.393 e. The standard InChI is InChI=1S/C22H31FO4/c1-12-8-14-15-5-7-22(27,18(26)11-23)21(15,3)10-17(25)19(14)20(2)6-4-13(24)9-16(12)20/h9,12,14-15,17,19,25,27H,4-8,10-11H2,1-3H3/t12-,14+,15+,17+,19-,20+,21+,22-/m1/s1. The van der Waals surface area contributed by atoms with E-state index in [9.17, 15) is 24.2 Å². The van der Waals surface area contributed by atoms with E-state index in [2.05, 4.69) is 13.8 Å². The Morgan fingerprint density at radius 3 is 2.70 bits per heavy atom. The molecule has 4 aliphatic carbocycles. The molecule has 0 aromatic carbocycles. The van der Waals surface area contributed by atoms with Gasteiger partial charge in [0.05, 0.1) is 6.10 Å². The van der Waals surface area contributed by atoms with E-state index in [0.29, 0.717) is 19.3 Å². The molecule has 0 bridgehead atoms. The monoisotopic (exact) mass is 378 g/mol. The molecule has 0 aromatic rings. The summed E-state index contributed by atoms with van der Waals surface area (Å²) in [6, 6.07) is 0. The summed E-state index contributed by atoms with van der Waals surface area (Å²) in [6.07, 6.45) is 4.52. The Kier molecular flexibility index (Phi) is 4.25. The van der Waals surface area contributed by atoms with E-state index < -0.39 is 29.6 Å². The van der Waals surface area contributed by atoms with Crippen LogP contribution in [0.15, 0.2) is 11.6 Å². The first kappa shape index (κ1) is 19.3. The van der Waals surface area contributed by atoms with E-state index >= 15 is 0 Å². The van der Waals surface area contributed by atoms with Crippen molar-refractivity contribution < 1.29 is 24.2 Å². The second-order valence-corrected chi connectivity index (χ2v) is 10.1. The minimum absolute atomic E-state index is 0.0222. The number of Topliss-reactive ketones (excluding diaryl/α,β-unsaturated/α-hetero) is 1. The van der Waals surface area contributed by atoms with Crippen LogP contribution in [0.5, 0.6) is 0 Å². The Labute approximate surface area is 160 Å². The molecule has 4 aliphatic rings. The Morgan fingerprint density at radius 1 is 1.33 bits per heavy atom. The van der Waals surface area contributed by atoms with Gasteiger partial charge in [0.15, 0.2) is 18.2 Å². The van der Waals surface area contributed by atoms with Crippen molar-refractivity contribution in [2.75, 3.05) is 6.67 Å². The lowest BCUT2D eigenvalue weighted by Gasteiger charge is -2.61. The van der Waals surface area contributed by atoms with Gasteiger partial charge < -0.3 is 10.2 Å². The molecule has 3 saturated carbocycles. The average molecular weight is 378 g/mol. The topological polar surface area (TPSA) is 74.6 Å². The number of carbonyl (C=O) groups excluding carboxylic acids is 2. The van der Waals surface area contributed by atoms with Gasteiger partial charge in [-0.25, -0.2) is 4.39 Å². The maximum atomic E-state index is 13.2. The fourth-order valence-electron chi connectivity index (χ4n) is 7.69. The molecule has 0 spiro atoms. The summed E-state index contributed by atoms with van der Waals surface area (Å²) in [7, 11) is 0. The molecule has 150 valence electrons. The average Bonchev–Trinajstić information content (AvgIpc) is 2.87. The van der Waals surface area contributed by atoms with Crippen LogP contribution in [0.2, 0.25) is 0 Å². The fraction of sp³-hybridized carbons (Fsp3) is 0.818. The van der Waals surface area contributed by atoms with Gasteiger partial charge in [0.2, 0.25) is 0 Å². The van der Waals surface area contributed by atoms with Crippen molar-refractivity contribution in [2.24, 2.45) is 34.5 Å². The van der Waals surface area contributed by atoms with Crippen molar-refractivity contribution in [1.82, 2.24) is 0 Å². The van der Waals surface area contributed by atoms with Crippen LogP contribution in [-0.4, -0.2) is 40.2 Å². The van der Waals surface area contributed by atoms with Crippen molar-refractivity contribution in [3.63, 3.8) is 0 Å². The number of rotatable bonds is 2. The van der Waals surface area contributed by atoms with Gasteiger partial charge in [0.25, 0.3) is 0 Å². The number of carbonyl (C=O) groups is 2. The highest BCUT2D eigenvalue weighted by Crippen LogP contribution is 2.68. The van der Waals surface area contributed by atoms with Gasteiger partial charge >= 0.3 is 0 Å². The number of hydrogen-bond donors (Lipinski definition) is 2. The van der Waals surface area contributed by atoms with Gasteiger partial charge in [0, 0.05) is 11.8 Å². The van der Waals surface area contributed by atoms with E-state index in [1.54, 1.807) is 0 Å². The van der Waals surface area contributed by atoms with Crippen LogP contribution < -0.4 is 0 Å². The lowest BCUT2D eigenvalue weighted by atomic mass is 9.44. The Hall–Kier alpha value is -1.07. The molecule has 0 unspecified atom stereocenters.